The van der Waals surface area contributed by atoms with Crippen molar-refractivity contribution in [3.05, 3.63) is 18.0 Å². The number of hydrogen-bond donors (Lipinski definition) is 1. The Balaban J connectivity index is 2.13. The molecule has 3 unspecified atom stereocenters. The maximum atomic E-state index is 4.59. The Hall–Kier alpha value is -0.830. The Bertz CT molecular complexity index is 332. The van der Waals surface area contributed by atoms with Gasteiger partial charge in [0.2, 0.25) is 0 Å². The molecule has 1 aliphatic rings. The van der Waals surface area contributed by atoms with Crippen molar-refractivity contribution < 1.29 is 0 Å². The molecule has 3 heteroatoms. The molecule has 0 aliphatic heterocycles. The molecule has 0 aromatic carbocycles. The molecule has 16 heavy (non-hydrogen) atoms. The predicted octanol–water partition coefficient (Wildman–Crippen LogP) is 2.16. The van der Waals surface area contributed by atoms with Gasteiger partial charge in [-0.2, -0.15) is 5.10 Å². The first-order valence-electron chi connectivity index (χ1n) is 6.35. The summed E-state index contributed by atoms with van der Waals surface area (Å²) in [6, 6.07) is 2.19. The van der Waals surface area contributed by atoms with Gasteiger partial charge in [-0.05, 0) is 44.3 Å². The van der Waals surface area contributed by atoms with Crippen LogP contribution in [0.25, 0.3) is 0 Å². The van der Waals surface area contributed by atoms with Crippen molar-refractivity contribution in [2.24, 2.45) is 18.9 Å². The second-order valence-corrected chi connectivity index (χ2v) is 5.26. The summed E-state index contributed by atoms with van der Waals surface area (Å²) in [6.07, 6.45) is 6.06. The zero-order chi connectivity index (χ0) is 11.5. The molecule has 2 rings (SSSR count). The average Bonchev–Trinajstić information content (AvgIpc) is 2.68. The van der Waals surface area contributed by atoms with Crippen molar-refractivity contribution >= 4 is 0 Å². The lowest BCUT2D eigenvalue weighted by Gasteiger charge is -2.33. The fraction of sp³-hybridized carbons (Fsp3) is 0.769. The summed E-state index contributed by atoms with van der Waals surface area (Å²) in [4.78, 5) is 0. The van der Waals surface area contributed by atoms with Gasteiger partial charge in [-0.3, -0.25) is 4.68 Å². The SMILES string of the molecule is CNCC1CCC(C)CC1c1ccn(C)n1. The molecule has 1 N–H and O–H groups in total. The van der Waals surface area contributed by atoms with Gasteiger partial charge in [0.1, 0.15) is 0 Å². The fourth-order valence-electron chi connectivity index (χ4n) is 2.94. The molecule has 1 heterocycles. The standard InChI is InChI=1S/C13H23N3/c1-10-4-5-11(9-14-2)12(8-10)13-6-7-16(3)15-13/h6-7,10-12,14H,4-5,8-9H2,1-3H3. The highest BCUT2D eigenvalue weighted by atomic mass is 15.2. The van der Waals surface area contributed by atoms with Gasteiger partial charge in [0, 0.05) is 19.2 Å². The highest BCUT2D eigenvalue weighted by molar-refractivity contribution is 5.10. The smallest absolute Gasteiger partial charge is 0.0658 e. The quantitative estimate of drug-likeness (QED) is 0.847. The van der Waals surface area contributed by atoms with Gasteiger partial charge in [0.15, 0.2) is 0 Å². The number of aryl methyl sites for hydroxylation is 1. The van der Waals surface area contributed by atoms with Crippen molar-refractivity contribution in [2.45, 2.75) is 32.1 Å². The molecule has 1 aromatic heterocycles. The van der Waals surface area contributed by atoms with Crippen LogP contribution in [0.4, 0.5) is 0 Å². The summed E-state index contributed by atoms with van der Waals surface area (Å²) in [7, 11) is 4.05. The average molecular weight is 221 g/mol. The van der Waals surface area contributed by atoms with E-state index >= 15 is 0 Å². The molecule has 0 saturated heterocycles. The summed E-state index contributed by atoms with van der Waals surface area (Å²) in [5, 5.41) is 7.91. The Labute approximate surface area is 98.2 Å². The van der Waals surface area contributed by atoms with E-state index in [0.29, 0.717) is 5.92 Å². The van der Waals surface area contributed by atoms with Crippen LogP contribution in [-0.4, -0.2) is 23.4 Å². The lowest BCUT2D eigenvalue weighted by atomic mass is 9.73. The Morgan fingerprint density at radius 3 is 2.94 bits per heavy atom. The molecule has 3 nitrogen and oxygen atoms in total. The van der Waals surface area contributed by atoms with Crippen molar-refractivity contribution in [1.29, 1.82) is 0 Å². The van der Waals surface area contributed by atoms with Crippen molar-refractivity contribution in [1.82, 2.24) is 15.1 Å². The number of nitrogens with zero attached hydrogens (tertiary/aromatic N) is 2. The van der Waals surface area contributed by atoms with Crippen LogP contribution < -0.4 is 5.32 Å². The van der Waals surface area contributed by atoms with Gasteiger partial charge in [-0.15, -0.1) is 0 Å². The van der Waals surface area contributed by atoms with E-state index in [4.69, 9.17) is 0 Å². The topological polar surface area (TPSA) is 29.9 Å². The van der Waals surface area contributed by atoms with Crippen LogP contribution in [0.3, 0.4) is 0 Å². The minimum atomic E-state index is 0.650. The summed E-state index contributed by atoms with van der Waals surface area (Å²) in [5.41, 5.74) is 1.29. The second kappa shape index (κ2) is 5.00. The number of nitrogens with one attached hydrogen (secondary N) is 1. The lowest BCUT2D eigenvalue weighted by Crippen LogP contribution is -2.30. The van der Waals surface area contributed by atoms with Crippen molar-refractivity contribution in [2.75, 3.05) is 13.6 Å². The maximum absolute atomic E-state index is 4.59. The van der Waals surface area contributed by atoms with E-state index in [-0.39, 0.29) is 0 Å². The number of rotatable bonds is 3. The van der Waals surface area contributed by atoms with E-state index < -0.39 is 0 Å². The van der Waals surface area contributed by atoms with Crippen LogP contribution in [0.2, 0.25) is 0 Å². The molecule has 0 amide bonds. The largest absolute Gasteiger partial charge is 0.319 e. The molecule has 1 fully saturated rings. The van der Waals surface area contributed by atoms with E-state index in [0.717, 1.165) is 18.4 Å². The van der Waals surface area contributed by atoms with E-state index in [1.165, 1.54) is 25.0 Å². The molecular formula is C13H23N3. The third kappa shape index (κ3) is 2.46. The molecule has 1 aromatic rings. The van der Waals surface area contributed by atoms with E-state index in [1.807, 2.05) is 18.8 Å². The first-order valence-corrected chi connectivity index (χ1v) is 6.35. The van der Waals surface area contributed by atoms with Gasteiger partial charge in [0.05, 0.1) is 5.69 Å². The van der Waals surface area contributed by atoms with Crippen LogP contribution in [0.5, 0.6) is 0 Å². The molecular weight excluding hydrogens is 198 g/mol. The van der Waals surface area contributed by atoms with Gasteiger partial charge in [-0.25, -0.2) is 0 Å². The minimum absolute atomic E-state index is 0.650. The molecule has 1 aliphatic carbocycles. The first kappa shape index (κ1) is 11.6. The molecule has 0 radical (unpaired) electrons. The molecule has 1 saturated carbocycles. The normalized spacial score (nSPS) is 30.6. The molecule has 3 atom stereocenters. The first-order chi connectivity index (χ1) is 7.70. The third-order valence-corrected chi connectivity index (χ3v) is 3.84. The summed E-state index contributed by atoms with van der Waals surface area (Å²) in [5.74, 6) is 2.26. The van der Waals surface area contributed by atoms with Gasteiger partial charge in [-0.1, -0.05) is 13.3 Å². The Morgan fingerprint density at radius 1 is 1.50 bits per heavy atom. The second-order valence-electron chi connectivity index (χ2n) is 5.26. The van der Waals surface area contributed by atoms with Crippen LogP contribution >= 0.6 is 0 Å². The Morgan fingerprint density at radius 2 is 2.31 bits per heavy atom. The summed E-state index contributed by atoms with van der Waals surface area (Å²) >= 11 is 0. The van der Waals surface area contributed by atoms with Crippen molar-refractivity contribution in [3.8, 4) is 0 Å². The van der Waals surface area contributed by atoms with E-state index in [9.17, 15) is 0 Å². The highest BCUT2D eigenvalue weighted by Crippen LogP contribution is 2.39. The van der Waals surface area contributed by atoms with E-state index in [1.54, 1.807) is 0 Å². The van der Waals surface area contributed by atoms with Crippen LogP contribution in [0.1, 0.15) is 37.8 Å². The summed E-state index contributed by atoms with van der Waals surface area (Å²) < 4.78 is 1.92. The fourth-order valence-corrected chi connectivity index (χ4v) is 2.94. The van der Waals surface area contributed by atoms with Crippen LogP contribution in [-0.2, 0) is 7.05 Å². The summed E-state index contributed by atoms with van der Waals surface area (Å²) in [6.45, 7) is 3.49. The maximum Gasteiger partial charge on any atom is 0.0658 e. The molecule has 0 spiro atoms. The van der Waals surface area contributed by atoms with Gasteiger partial charge >= 0.3 is 0 Å². The van der Waals surface area contributed by atoms with Crippen LogP contribution in [0.15, 0.2) is 12.3 Å². The van der Waals surface area contributed by atoms with E-state index in [2.05, 4.69) is 29.6 Å². The molecule has 0 bridgehead atoms. The number of hydrogen-bond acceptors (Lipinski definition) is 2. The minimum Gasteiger partial charge on any atom is -0.319 e. The number of aromatic nitrogens is 2. The monoisotopic (exact) mass is 221 g/mol. The van der Waals surface area contributed by atoms with Gasteiger partial charge < -0.3 is 5.32 Å². The van der Waals surface area contributed by atoms with Crippen LogP contribution in [0, 0.1) is 11.8 Å². The lowest BCUT2D eigenvalue weighted by molar-refractivity contribution is 0.241. The predicted molar refractivity (Wildman–Crippen MR) is 66.4 cm³/mol. The Kier molecular flexibility index (Phi) is 3.64. The molecule has 90 valence electrons. The zero-order valence-electron chi connectivity index (χ0n) is 10.6. The van der Waals surface area contributed by atoms with Gasteiger partial charge in [0.25, 0.3) is 0 Å². The van der Waals surface area contributed by atoms with Crippen molar-refractivity contribution in [3.63, 3.8) is 0 Å². The zero-order valence-corrected chi connectivity index (χ0v) is 10.6. The third-order valence-electron chi connectivity index (χ3n) is 3.84. The highest BCUT2D eigenvalue weighted by Gasteiger charge is 2.30.